The third-order valence-electron chi connectivity index (χ3n) is 3.23. The van der Waals surface area contributed by atoms with E-state index < -0.39 is 0 Å². The third-order valence-corrected chi connectivity index (χ3v) is 3.23. The van der Waals surface area contributed by atoms with E-state index in [9.17, 15) is 0 Å². The van der Waals surface area contributed by atoms with Gasteiger partial charge in [-0.25, -0.2) is 0 Å². The normalized spacial score (nSPS) is 14.9. The molecule has 90 valence electrons. The van der Waals surface area contributed by atoms with Crippen molar-refractivity contribution in [2.45, 2.75) is 59.8 Å². The highest BCUT2D eigenvalue weighted by Gasteiger charge is 2.28. The van der Waals surface area contributed by atoms with E-state index in [0.717, 1.165) is 5.69 Å². The van der Waals surface area contributed by atoms with E-state index in [1.54, 1.807) is 6.20 Å². The summed E-state index contributed by atoms with van der Waals surface area (Å²) in [7, 11) is 0. The van der Waals surface area contributed by atoms with E-state index in [1.165, 1.54) is 5.56 Å². The van der Waals surface area contributed by atoms with Crippen LogP contribution in [0.1, 0.15) is 65.6 Å². The minimum atomic E-state index is 0.0586. The molecule has 2 heteroatoms. The highest BCUT2D eigenvalue weighted by Crippen LogP contribution is 2.38. The van der Waals surface area contributed by atoms with E-state index in [-0.39, 0.29) is 10.8 Å². The summed E-state index contributed by atoms with van der Waals surface area (Å²) in [6, 6.07) is 2.11. The molecule has 0 aliphatic rings. The second kappa shape index (κ2) is 4.15. The molecule has 1 aromatic heterocycles. The van der Waals surface area contributed by atoms with Crippen LogP contribution in [0.4, 0.5) is 0 Å². The Kier molecular flexibility index (Phi) is 3.41. The van der Waals surface area contributed by atoms with Gasteiger partial charge in [0.1, 0.15) is 0 Å². The zero-order valence-electron chi connectivity index (χ0n) is 11.6. The highest BCUT2D eigenvalue weighted by molar-refractivity contribution is 5.28. The molecule has 0 radical (unpaired) electrons. The van der Waals surface area contributed by atoms with Crippen LogP contribution >= 0.6 is 0 Å². The van der Waals surface area contributed by atoms with Crippen LogP contribution in [0.25, 0.3) is 0 Å². The molecular formula is C14H24N2. The van der Waals surface area contributed by atoms with Crippen LogP contribution in [0.5, 0.6) is 0 Å². The van der Waals surface area contributed by atoms with Gasteiger partial charge in [0.2, 0.25) is 0 Å². The summed E-state index contributed by atoms with van der Waals surface area (Å²) < 4.78 is 0. The van der Waals surface area contributed by atoms with E-state index in [4.69, 9.17) is 0 Å². The Balaban J connectivity index is 3.25. The van der Waals surface area contributed by atoms with Gasteiger partial charge in [0.05, 0.1) is 5.69 Å². The Labute approximate surface area is 99.5 Å². The Morgan fingerprint density at radius 3 is 2.06 bits per heavy atom. The van der Waals surface area contributed by atoms with Crippen molar-refractivity contribution in [1.82, 2.24) is 10.2 Å². The summed E-state index contributed by atoms with van der Waals surface area (Å²) in [5, 5.41) is 8.36. The monoisotopic (exact) mass is 220 g/mol. The molecule has 0 aliphatic carbocycles. The molecule has 0 aromatic carbocycles. The van der Waals surface area contributed by atoms with Crippen molar-refractivity contribution in [2.75, 3.05) is 0 Å². The molecule has 1 aromatic rings. The molecule has 2 nitrogen and oxygen atoms in total. The first-order chi connectivity index (χ1) is 7.14. The maximum Gasteiger partial charge on any atom is 0.0719 e. The Morgan fingerprint density at radius 1 is 1.06 bits per heavy atom. The molecule has 1 atom stereocenters. The topological polar surface area (TPSA) is 25.8 Å². The zero-order chi connectivity index (χ0) is 12.6. The number of hydrogen-bond donors (Lipinski definition) is 0. The Morgan fingerprint density at radius 2 is 1.62 bits per heavy atom. The summed E-state index contributed by atoms with van der Waals surface area (Å²) in [5.74, 6) is 0.484. The van der Waals surface area contributed by atoms with Gasteiger partial charge in [0.15, 0.2) is 0 Å². The molecule has 0 saturated carbocycles. The van der Waals surface area contributed by atoms with Crippen LogP contribution in [-0.2, 0) is 5.41 Å². The molecule has 0 aliphatic heterocycles. The van der Waals surface area contributed by atoms with Crippen LogP contribution < -0.4 is 0 Å². The van der Waals surface area contributed by atoms with Gasteiger partial charge >= 0.3 is 0 Å². The smallest absolute Gasteiger partial charge is 0.0719 e. The quantitative estimate of drug-likeness (QED) is 0.716. The van der Waals surface area contributed by atoms with Gasteiger partial charge < -0.3 is 0 Å². The SMILES string of the molecule is CC(c1ccnnc1C(C)(C)C)C(C)(C)C. The van der Waals surface area contributed by atoms with E-state index in [2.05, 4.69) is 64.7 Å². The summed E-state index contributed by atoms with van der Waals surface area (Å²) in [4.78, 5) is 0. The van der Waals surface area contributed by atoms with Crippen molar-refractivity contribution < 1.29 is 0 Å². The lowest BCUT2D eigenvalue weighted by Crippen LogP contribution is -2.23. The average Bonchev–Trinajstić information content (AvgIpc) is 2.14. The molecule has 0 bridgehead atoms. The van der Waals surface area contributed by atoms with Gasteiger partial charge in [-0.2, -0.15) is 10.2 Å². The predicted molar refractivity (Wildman–Crippen MR) is 68.6 cm³/mol. The van der Waals surface area contributed by atoms with Crippen molar-refractivity contribution in [2.24, 2.45) is 5.41 Å². The number of nitrogens with zero attached hydrogens (tertiary/aromatic N) is 2. The molecule has 0 saturated heterocycles. The molecule has 1 rings (SSSR count). The van der Waals surface area contributed by atoms with Gasteiger partial charge in [-0.05, 0) is 23.0 Å². The van der Waals surface area contributed by atoms with Crippen molar-refractivity contribution in [3.05, 3.63) is 23.5 Å². The molecule has 0 fully saturated rings. The largest absolute Gasteiger partial charge is 0.159 e. The van der Waals surface area contributed by atoms with Crippen LogP contribution in [-0.4, -0.2) is 10.2 Å². The minimum Gasteiger partial charge on any atom is -0.159 e. The molecule has 0 spiro atoms. The fourth-order valence-corrected chi connectivity index (χ4v) is 1.74. The van der Waals surface area contributed by atoms with E-state index >= 15 is 0 Å². The molecule has 0 N–H and O–H groups in total. The Bertz CT molecular complexity index is 356. The van der Waals surface area contributed by atoms with Crippen molar-refractivity contribution >= 4 is 0 Å². The van der Waals surface area contributed by atoms with Crippen LogP contribution in [0.3, 0.4) is 0 Å². The molecule has 0 amide bonds. The molecule has 1 heterocycles. The van der Waals surface area contributed by atoms with Crippen molar-refractivity contribution in [3.63, 3.8) is 0 Å². The average molecular weight is 220 g/mol. The second-order valence-corrected chi connectivity index (χ2v) is 6.67. The van der Waals surface area contributed by atoms with Gasteiger partial charge in [0, 0.05) is 11.6 Å². The van der Waals surface area contributed by atoms with Gasteiger partial charge in [-0.15, -0.1) is 0 Å². The van der Waals surface area contributed by atoms with E-state index in [0.29, 0.717) is 5.92 Å². The first kappa shape index (κ1) is 13.1. The van der Waals surface area contributed by atoms with Crippen molar-refractivity contribution in [1.29, 1.82) is 0 Å². The zero-order valence-corrected chi connectivity index (χ0v) is 11.6. The van der Waals surface area contributed by atoms with Gasteiger partial charge in [-0.1, -0.05) is 48.5 Å². The summed E-state index contributed by atoms with van der Waals surface area (Å²) >= 11 is 0. The standard InChI is InChI=1S/C14H24N2/c1-10(13(2,3)4)11-8-9-15-16-12(11)14(5,6)7/h8-10H,1-7H3. The lowest BCUT2D eigenvalue weighted by molar-refractivity contribution is 0.333. The number of aromatic nitrogens is 2. The number of rotatable bonds is 1. The first-order valence-electron chi connectivity index (χ1n) is 5.96. The second-order valence-electron chi connectivity index (χ2n) is 6.67. The number of hydrogen-bond acceptors (Lipinski definition) is 2. The lowest BCUT2D eigenvalue weighted by atomic mass is 9.74. The van der Waals surface area contributed by atoms with Crippen molar-refractivity contribution in [3.8, 4) is 0 Å². The first-order valence-corrected chi connectivity index (χ1v) is 5.96. The summed E-state index contributed by atoms with van der Waals surface area (Å²) in [5.41, 5.74) is 2.76. The van der Waals surface area contributed by atoms with Crippen LogP contribution in [0.15, 0.2) is 12.3 Å². The van der Waals surface area contributed by atoms with Crippen LogP contribution in [0.2, 0.25) is 0 Å². The third kappa shape index (κ3) is 2.81. The maximum atomic E-state index is 4.33. The Hall–Kier alpha value is -0.920. The summed E-state index contributed by atoms with van der Waals surface area (Å²) in [6.07, 6.45) is 1.80. The van der Waals surface area contributed by atoms with Gasteiger partial charge in [0.25, 0.3) is 0 Å². The van der Waals surface area contributed by atoms with E-state index in [1.807, 2.05) is 0 Å². The molecular weight excluding hydrogens is 196 g/mol. The lowest BCUT2D eigenvalue weighted by Gasteiger charge is -2.31. The highest BCUT2D eigenvalue weighted by atomic mass is 15.1. The fourth-order valence-electron chi connectivity index (χ4n) is 1.74. The minimum absolute atomic E-state index is 0.0586. The molecule has 16 heavy (non-hydrogen) atoms. The van der Waals surface area contributed by atoms with Gasteiger partial charge in [-0.3, -0.25) is 0 Å². The summed E-state index contributed by atoms with van der Waals surface area (Å²) in [6.45, 7) is 15.6. The fraction of sp³-hybridized carbons (Fsp3) is 0.714. The predicted octanol–water partition coefficient (Wildman–Crippen LogP) is 3.92. The maximum absolute atomic E-state index is 4.33. The molecule has 1 unspecified atom stereocenters. The van der Waals surface area contributed by atoms with Crippen LogP contribution in [0, 0.1) is 5.41 Å².